The molecule has 1 heterocycles. The van der Waals surface area contributed by atoms with Crippen LogP contribution in [0.3, 0.4) is 0 Å². The van der Waals surface area contributed by atoms with E-state index >= 15 is 0 Å². The largest absolute Gasteiger partial charge is 0.135 e. The molecule has 8 aromatic carbocycles. The molecule has 0 nitrogen and oxygen atoms in total. The average Bonchev–Trinajstić information content (AvgIpc) is 3.64. The van der Waals surface area contributed by atoms with Crippen molar-refractivity contribution < 1.29 is 0 Å². The first-order valence-electron chi connectivity index (χ1n) is 18.1. The van der Waals surface area contributed by atoms with Crippen molar-refractivity contribution in [3.8, 4) is 43.1 Å². The van der Waals surface area contributed by atoms with E-state index in [1.54, 1.807) is 0 Å². The second-order valence-electron chi connectivity index (χ2n) is 15.6. The molecule has 11 rings (SSSR count). The van der Waals surface area contributed by atoms with Crippen molar-refractivity contribution >= 4 is 54.4 Å². The Kier molecular flexibility index (Phi) is 5.77. The highest BCUT2D eigenvalue weighted by atomic mass is 32.1. The molecular formula is C50H36S. The molecule has 9 aromatic rings. The average molecular weight is 669 g/mol. The molecule has 51 heavy (non-hydrogen) atoms. The van der Waals surface area contributed by atoms with Gasteiger partial charge in [-0.2, -0.15) is 0 Å². The Morgan fingerprint density at radius 1 is 0.314 bits per heavy atom. The predicted molar refractivity (Wildman–Crippen MR) is 220 cm³/mol. The van der Waals surface area contributed by atoms with Crippen LogP contribution in [0.2, 0.25) is 0 Å². The molecule has 2 aliphatic carbocycles. The number of benzene rings is 8. The van der Waals surface area contributed by atoms with Crippen LogP contribution in [0.1, 0.15) is 49.9 Å². The monoisotopic (exact) mass is 668 g/mol. The highest BCUT2D eigenvalue weighted by Crippen LogP contribution is 2.57. The van der Waals surface area contributed by atoms with E-state index in [9.17, 15) is 0 Å². The minimum atomic E-state index is -0.0991. The highest BCUT2D eigenvalue weighted by Gasteiger charge is 2.37. The SMILES string of the molecule is CC1(C)c2ccccc2-c2c3ccccc3c(-c3ccc(-c4c5ccccc5c5c6c(cccc46)C(C)(C)c4ccccc4-5)s3)c3cccc1c23. The molecule has 0 fully saturated rings. The van der Waals surface area contributed by atoms with Crippen molar-refractivity contribution in [1.29, 1.82) is 0 Å². The minimum Gasteiger partial charge on any atom is -0.135 e. The van der Waals surface area contributed by atoms with Gasteiger partial charge in [-0.1, -0.05) is 161 Å². The smallest absolute Gasteiger partial charge is 0.0361 e. The third kappa shape index (κ3) is 3.69. The van der Waals surface area contributed by atoms with Crippen LogP contribution in [-0.4, -0.2) is 0 Å². The van der Waals surface area contributed by atoms with E-state index in [1.165, 1.54) is 108 Å². The molecule has 0 unspecified atom stereocenters. The van der Waals surface area contributed by atoms with E-state index in [1.807, 2.05) is 11.3 Å². The summed E-state index contributed by atoms with van der Waals surface area (Å²) in [7, 11) is 0. The fourth-order valence-electron chi connectivity index (χ4n) is 9.98. The van der Waals surface area contributed by atoms with Gasteiger partial charge in [-0.25, -0.2) is 0 Å². The van der Waals surface area contributed by atoms with Crippen molar-refractivity contribution in [2.24, 2.45) is 0 Å². The van der Waals surface area contributed by atoms with Crippen LogP contribution in [0, 0.1) is 0 Å². The summed E-state index contributed by atoms with van der Waals surface area (Å²) in [6.45, 7) is 9.57. The molecule has 1 heteroatoms. The fourth-order valence-corrected chi connectivity index (χ4v) is 11.1. The third-order valence-corrected chi connectivity index (χ3v) is 13.4. The van der Waals surface area contributed by atoms with Gasteiger partial charge in [0.05, 0.1) is 0 Å². The van der Waals surface area contributed by atoms with Gasteiger partial charge in [-0.05, 0) is 99.7 Å². The first-order valence-corrected chi connectivity index (χ1v) is 18.9. The first kappa shape index (κ1) is 29.3. The van der Waals surface area contributed by atoms with Crippen molar-refractivity contribution in [3.05, 3.63) is 168 Å². The number of hydrogen-bond donors (Lipinski definition) is 0. The van der Waals surface area contributed by atoms with E-state index < -0.39 is 0 Å². The maximum atomic E-state index is 2.39. The van der Waals surface area contributed by atoms with Gasteiger partial charge in [0.15, 0.2) is 0 Å². The van der Waals surface area contributed by atoms with Gasteiger partial charge in [-0.3, -0.25) is 0 Å². The molecule has 0 aliphatic heterocycles. The summed E-state index contributed by atoms with van der Waals surface area (Å²) in [4.78, 5) is 2.63. The molecule has 0 radical (unpaired) electrons. The van der Waals surface area contributed by atoms with Crippen LogP contribution >= 0.6 is 11.3 Å². The third-order valence-electron chi connectivity index (χ3n) is 12.3. The zero-order valence-corrected chi connectivity index (χ0v) is 30.1. The quantitative estimate of drug-likeness (QED) is 0.161. The van der Waals surface area contributed by atoms with E-state index in [0.29, 0.717) is 0 Å². The second-order valence-corrected chi connectivity index (χ2v) is 16.6. The highest BCUT2D eigenvalue weighted by molar-refractivity contribution is 7.19. The fraction of sp³-hybridized carbons (Fsp3) is 0.120. The summed E-state index contributed by atoms with van der Waals surface area (Å²) in [5.74, 6) is 0. The predicted octanol–water partition coefficient (Wildman–Crippen LogP) is 14.3. The maximum Gasteiger partial charge on any atom is 0.0361 e. The summed E-state index contributed by atoms with van der Waals surface area (Å²) in [5, 5.41) is 10.8. The van der Waals surface area contributed by atoms with Gasteiger partial charge in [0.25, 0.3) is 0 Å². The van der Waals surface area contributed by atoms with E-state index in [0.717, 1.165) is 0 Å². The lowest BCUT2D eigenvalue weighted by Gasteiger charge is -2.36. The Bertz CT molecular complexity index is 2770. The maximum absolute atomic E-state index is 2.39. The lowest BCUT2D eigenvalue weighted by molar-refractivity contribution is 0.645. The number of hydrogen-bond acceptors (Lipinski definition) is 1. The topological polar surface area (TPSA) is 0 Å². The van der Waals surface area contributed by atoms with Gasteiger partial charge < -0.3 is 0 Å². The zero-order chi connectivity index (χ0) is 34.2. The normalized spacial score (nSPS) is 15.0. The Balaban J connectivity index is 1.23. The van der Waals surface area contributed by atoms with Crippen LogP contribution in [0.15, 0.2) is 146 Å². The summed E-state index contributed by atoms with van der Waals surface area (Å²) >= 11 is 1.94. The summed E-state index contributed by atoms with van der Waals surface area (Å²) in [6, 6.07) is 55.1. The van der Waals surface area contributed by atoms with Crippen LogP contribution in [-0.2, 0) is 10.8 Å². The van der Waals surface area contributed by atoms with E-state index in [4.69, 9.17) is 0 Å². The van der Waals surface area contributed by atoms with Crippen molar-refractivity contribution in [3.63, 3.8) is 0 Å². The van der Waals surface area contributed by atoms with Gasteiger partial charge in [0.1, 0.15) is 0 Å². The van der Waals surface area contributed by atoms with Crippen molar-refractivity contribution in [2.45, 2.75) is 38.5 Å². The van der Waals surface area contributed by atoms with E-state index in [-0.39, 0.29) is 10.8 Å². The molecule has 0 N–H and O–H groups in total. The Morgan fingerprint density at radius 2 is 0.647 bits per heavy atom. The minimum absolute atomic E-state index is 0.0991. The summed E-state index contributed by atoms with van der Waals surface area (Å²) in [6.07, 6.45) is 0. The molecule has 0 atom stereocenters. The molecule has 1 aromatic heterocycles. The lowest BCUT2D eigenvalue weighted by atomic mass is 9.67. The van der Waals surface area contributed by atoms with Crippen molar-refractivity contribution in [2.75, 3.05) is 0 Å². The summed E-state index contributed by atoms with van der Waals surface area (Å²) in [5.41, 5.74) is 13.6. The van der Waals surface area contributed by atoms with Crippen LogP contribution in [0.5, 0.6) is 0 Å². The van der Waals surface area contributed by atoms with Gasteiger partial charge >= 0.3 is 0 Å². The molecular weight excluding hydrogens is 633 g/mol. The Hall–Kier alpha value is -5.50. The molecule has 0 bridgehead atoms. The van der Waals surface area contributed by atoms with Crippen LogP contribution < -0.4 is 0 Å². The zero-order valence-electron chi connectivity index (χ0n) is 29.3. The molecule has 0 saturated heterocycles. The number of rotatable bonds is 2. The van der Waals surface area contributed by atoms with Crippen LogP contribution in [0.25, 0.3) is 86.2 Å². The summed E-state index contributed by atoms with van der Waals surface area (Å²) < 4.78 is 0. The number of thiophene rings is 1. The van der Waals surface area contributed by atoms with Gasteiger partial charge in [0.2, 0.25) is 0 Å². The second kappa shape index (κ2) is 10.1. The Labute approximate surface area is 302 Å². The first-order chi connectivity index (χ1) is 24.9. The van der Waals surface area contributed by atoms with Crippen molar-refractivity contribution in [1.82, 2.24) is 0 Å². The Morgan fingerprint density at radius 3 is 1.08 bits per heavy atom. The molecule has 0 saturated carbocycles. The standard InChI is InChI=1S/C50H36S/c1-49(2)37-23-11-9-19-33(37)45-31-17-7-5-15-29(31)43(35-21-13-25-39(49)47(35)45)41-27-28-42(51-41)44-30-16-6-8-18-32(30)46-34-20-10-12-24-38(34)50(3,4)40-26-14-22-36(44)48(40)46/h5-28H,1-4H3. The molecule has 0 amide bonds. The van der Waals surface area contributed by atoms with Gasteiger partial charge in [0, 0.05) is 31.7 Å². The number of fused-ring (bicyclic) bond motifs is 8. The van der Waals surface area contributed by atoms with Crippen LogP contribution in [0.4, 0.5) is 0 Å². The molecule has 242 valence electrons. The van der Waals surface area contributed by atoms with E-state index in [2.05, 4.69) is 173 Å². The van der Waals surface area contributed by atoms with Gasteiger partial charge in [-0.15, -0.1) is 11.3 Å². The lowest BCUT2D eigenvalue weighted by Crippen LogP contribution is -2.23. The molecule has 0 spiro atoms. The molecule has 2 aliphatic rings.